The molecule has 0 amide bonds. The summed E-state index contributed by atoms with van der Waals surface area (Å²) in [6.45, 7) is 11.8. The number of carboxylic acid groups (broad SMARTS) is 2. The molecule has 0 spiro atoms. The number of aliphatic hydroxyl groups excluding tert-OH is 1. The van der Waals surface area contributed by atoms with Gasteiger partial charge in [0.1, 0.15) is 5.60 Å². The average molecular weight is 1490 g/mol. The molecule has 10 aromatic rings. The molecule has 2 aromatic heterocycles. The standard InChI is InChI=1S/C35H36ClNO3S.C32H39NO4.C22H24ClN3O.Na/c1-34(2,40)30-9-4-3-7-25(30)13-17-32(41-23-35(18-19-35)22-33(38)39)27-8-5-6-24(20-27)10-15-29-16-12-26-11-14-28(36)21-31(26)37-29;1-31(2,30(35)36)25-17-15-24(16-18-25)29(34)14-9-21-33-22-19-28(20-23-33)32(37,26-10-5-3-6-11-26)27-12-7-4-8-13-27;1-25-13-4-5-18(12-14-25)26-22(27)20-7-3-2-6-19(20)21(24-26)15-16-8-10-17(23)11-9-16;/h3-12,14-16,20-21,32,40H,13,17-19,22-23H2,1-2H3,(H,38,39);3-8,10-13,15-18,28-29,34,37H,9,14,19-23H2,1-2H3,(H,35,36);2-3,6-11,18H,4-5,12-15H2,1H3;/q;;;+1/p-1/b15-10+;;;/t32-;;;/m1.../s1. The molecular formula is C89H98Cl2N5NaO8S. The van der Waals surface area contributed by atoms with Crippen molar-refractivity contribution in [1.29, 1.82) is 0 Å². The number of carbonyl (C=O) groups is 2. The number of fused-ring (bicyclic) bond motifs is 2. The molecule has 2 aliphatic heterocycles. The summed E-state index contributed by atoms with van der Waals surface area (Å²) in [5.41, 5.74) is 8.62. The molecule has 17 heteroatoms. The molecule has 13 rings (SSSR count). The monoisotopic (exact) mass is 1490 g/mol. The molecule has 548 valence electrons. The molecule has 3 aliphatic rings. The number of carboxylic acids is 2. The summed E-state index contributed by atoms with van der Waals surface area (Å²) in [4.78, 5) is 45.5. The topological polar surface area (TPSA) is 192 Å². The Morgan fingerprint density at radius 3 is 1.98 bits per heavy atom. The maximum Gasteiger partial charge on any atom is 1.00 e. The fourth-order valence-electron chi connectivity index (χ4n) is 14.8. The van der Waals surface area contributed by atoms with Gasteiger partial charge in [0, 0.05) is 38.5 Å². The van der Waals surface area contributed by atoms with Crippen molar-refractivity contribution < 1.29 is 64.7 Å². The summed E-state index contributed by atoms with van der Waals surface area (Å²) in [7, 11) is 2.14. The number of halogens is 2. The number of hydrogen-bond donors (Lipinski definition) is 4. The van der Waals surface area contributed by atoms with Gasteiger partial charge in [0.15, 0.2) is 0 Å². The Kier molecular flexibility index (Phi) is 28.5. The normalized spacial score (nSPS) is 16.4. The van der Waals surface area contributed by atoms with Gasteiger partial charge in [0.2, 0.25) is 0 Å². The smallest absolute Gasteiger partial charge is 0.550 e. The number of aromatic nitrogens is 3. The van der Waals surface area contributed by atoms with Gasteiger partial charge in [0.25, 0.3) is 5.56 Å². The number of aryl methyl sites for hydroxylation is 1. The molecule has 0 bridgehead atoms. The average Bonchev–Trinajstić information content (AvgIpc) is 1.51. The molecule has 4 N–H and O–H groups in total. The summed E-state index contributed by atoms with van der Waals surface area (Å²) >= 11 is 14.0. The number of piperidine rings is 1. The summed E-state index contributed by atoms with van der Waals surface area (Å²) in [5.74, 6) is -0.902. The third-order valence-corrected chi connectivity index (χ3v) is 23.6. The van der Waals surface area contributed by atoms with Crippen molar-refractivity contribution in [3.8, 4) is 0 Å². The number of aliphatic carboxylic acids is 2. The van der Waals surface area contributed by atoms with Crippen LogP contribution < -0.4 is 40.2 Å². The van der Waals surface area contributed by atoms with Gasteiger partial charge in [-0.2, -0.15) is 16.9 Å². The fraction of sp³-hybridized carbons (Fsp3) is 0.360. The second kappa shape index (κ2) is 37.2. The SMILES string of the molecule is CC(C)(C(=O)O)c1ccc(C(O)CCCN2CCC(C(O)(c3ccccc3)c3ccccc3)CC2)cc1.CC(C)(O)c1ccccc1CC[C@@H](SCC1(CC(=O)[O-])CC1)c1cccc(/C=C/c2ccc3ccc(Cl)cc3n2)c1.CN1CCCC(n2nc(Cc3ccc(Cl)cc3)c3ccccc3c2=O)CC1.[Na+]. The van der Waals surface area contributed by atoms with E-state index in [1.165, 1.54) is 5.56 Å². The second-order valence-corrected chi connectivity index (χ2v) is 32.0. The molecular weight excluding hydrogens is 1390 g/mol. The third kappa shape index (κ3) is 21.4. The third-order valence-electron chi connectivity index (χ3n) is 21.4. The number of likely N-dealkylation sites (tertiary alicyclic amines) is 2. The van der Waals surface area contributed by atoms with E-state index in [2.05, 4.69) is 53.3 Å². The van der Waals surface area contributed by atoms with E-state index in [1.807, 2.05) is 202 Å². The molecule has 4 heterocycles. The maximum absolute atomic E-state index is 13.1. The molecule has 106 heavy (non-hydrogen) atoms. The zero-order valence-electron chi connectivity index (χ0n) is 61.9. The number of aliphatic hydroxyl groups is 3. The Hall–Kier alpha value is -7.28. The molecule has 3 fully saturated rings. The van der Waals surface area contributed by atoms with E-state index in [4.69, 9.17) is 33.3 Å². The van der Waals surface area contributed by atoms with Crippen molar-refractivity contribution in [2.24, 2.45) is 11.3 Å². The van der Waals surface area contributed by atoms with Crippen molar-refractivity contribution in [3.05, 3.63) is 294 Å². The summed E-state index contributed by atoms with van der Waals surface area (Å²) in [6, 6.07) is 69.5. The van der Waals surface area contributed by atoms with Crippen LogP contribution in [0.1, 0.15) is 177 Å². The minimum absolute atomic E-state index is 0. The van der Waals surface area contributed by atoms with Gasteiger partial charge in [0.05, 0.1) is 45.5 Å². The molecule has 3 atom stereocenters. The number of rotatable bonds is 25. The summed E-state index contributed by atoms with van der Waals surface area (Å²) in [5, 5.41) is 63.4. The van der Waals surface area contributed by atoms with Gasteiger partial charge in [-0.1, -0.05) is 205 Å². The van der Waals surface area contributed by atoms with Gasteiger partial charge < -0.3 is 40.1 Å². The van der Waals surface area contributed by atoms with Crippen LogP contribution in [-0.2, 0) is 39.0 Å². The van der Waals surface area contributed by atoms with E-state index in [9.17, 15) is 39.9 Å². The van der Waals surface area contributed by atoms with Gasteiger partial charge in [-0.25, -0.2) is 9.67 Å². The van der Waals surface area contributed by atoms with Gasteiger partial charge >= 0.3 is 35.5 Å². The Labute approximate surface area is 661 Å². The van der Waals surface area contributed by atoms with E-state index >= 15 is 0 Å². The van der Waals surface area contributed by atoms with E-state index in [0.29, 0.717) is 17.9 Å². The van der Waals surface area contributed by atoms with Crippen LogP contribution in [0.2, 0.25) is 10.0 Å². The number of benzene rings is 8. The number of thioether (sulfide) groups is 1. The predicted molar refractivity (Wildman–Crippen MR) is 426 cm³/mol. The van der Waals surface area contributed by atoms with Crippen LogP contribution >= 0.6 is 35.0 Å². The second-order valence-electron chi connectivity index (χ2n) is 29.9. The van der Waals surface area contributed by atoms with Crippen LogP contribution in [0.25, 0.3) is 33.8 Å². The zero-order valence-corrected chi connectivity index (χ0v) is 66.3. The Morgan fingerprint density at radius 2 is 1.32 bits per heavy atom. The Bertz CT molecular complexity index is 4600. The van der Waals surface area contributed by atoms with E-state index in [-0.39, 0.29) is 64.2 Å². The van der Waals surface area contributed by atoms with Gasteiger partial charge in [-0.3, -0.25) is 9.59 Å². The summed E-state index contributed by atoms with van der Waals surface area (Å²) in [6.07, 6.45) is 14.3. The van der Waals surface area contributed by atoms with Crippen LogP contribution in [0.15, 0.2) is 217 Å². The van der Waals surface area contributed by atoms with Crippen molar-refractivity contribution in [3.63, 3.8) is 0 Å². The first kappa shape index (κ1) is 81.2. The Balaban J connectivity index is 0.000000173. The first-order valence-corrected chi connectivity index (χ1v) is 38.7. The predicted octanol–water partition coefficient (Wildman–Crippen LogP) is 14.4. The minimum atomic E-state index is -1.01. The van der Waals surface area contributed by atoms with Crippen LogP contribution in [0.5, 0.6) is 0 Å². The Morgan fingerprint density at radius 1 is 0.679 bits per heavy atom. The molecule has 0 radical (unpaired) electrons. The molecule has 2 saturated heterocycles. The van der Waals surface area contributed by atoms with E-state index < -0.39 is 34.7 Å². The molecule has 13 nitrogen and oxygen atoms in total. The van der Waals surface area contributed by atoms with E-state index in [0.717, 1.165) is 185 Å². The van der Waals surface area contributed by atoms with E-state index in [1.54, 1.807) is 30.7 Å². The molecule has 8 aromatic carbocycles. The van der Waals surface area contributed by atoms with Crippen molar-refractivity contribution in [1.82, 2.24) is 24.6 Å². The molecule has 2 unspecified atom stereocenters. The molecule has 1 saturated carbocycles. The number of carbonyl (C=O) groups excluding carboxylic acids is 1. The number of nitrogens with zero attached hydrogens (tertiary/aromatic N) is 5. The first-order chi connectivity index (χ1) is 50.4. The summed E-state index contributed by atoms with van der Waals surface area (Å²) < 4.78 is 1.76. The first-order valence-electron chi connectivity index (χ1n) is 36.9. The van der Waals surface area contributed by atoms with Crippen LogP contribution in [0.4, 0.5) is 0 Å². The quantitative estimate of drug-likeness (QED) is 0.0396. The number of hydrogen-bond acceptors (Lipinski definition) is 12. The van der Waals surface area contributed by atoms with Gasteiger partial charge in [-0.05, 0) is 254 Å². The maximum atomic E-state index is 13.1. The van der Waals surface area contributed by atoms with Gasteiger partial charge in [-0.15, -0.1) is 0 Å². The van der Waals surface area contributed by atoms with Crippen molar-refractivity contribution in [2.45, 2.75) is 145 Å². The van der Waals surface area contributed by atoms with Crippen LogP contribution in [0.3, 0.4) is 0 Å². The van der Waals surface area contributed by atoms with Crippen LogP contribution in [-0.4, -0.2) is 102 Å². The minimum Gasteiger partial charge on any atom is -0.550 e. The van der Waals surface area contributed by atoms with Crippen molar-refractivity contribution in [2.75, 3.05) is 45.5 Å². The molecule has 1 aliphatic carbocycles. The van der Waals surface area contributed by atoms with Crippen molar-refractivity contribution >= 4 is 80.7 Å². The van der Waals surface area contributed by atoms with Crippen LogP contribution in [0, 0.1) is 11.3 Å². The fourth-order valence-corrected chi connectivity index (χ4v) is 16.6. The largest absolute Gasteiger partial charge is 1.00 e. The zero-order chi connectivity index (χ0) is 74.3. The number of pyridine rings is 1.